The fourth-order valence-electron chi connectivity index (χ4n) is 2.58. The van der Waals surface area contributed by atoms with Gasteiger partial charge in [-0.1, -0.05) is 31.5 Å². The first-order valence-electron chi connectivity index (χ1n) is 7.83. The first-order valence-corrected chi connectivity index (χ1v) is 9.22. The summed E-state index contributed by atoms with van der Waals surface area (Å²) < 4.78 is 0. The van der Waals surface area contributed by atoms with Gasteiger partial charge in [0.1, 0.15) is 0 Å². The van der Waals surface area contributed by atoms with Gasteiger partial charge < -0.3 is 0 Å². The summed E-state index contributed by atoms with van der Waals surface area (Å²) in [5, 5.41) is 5.36. The van der Waals surface area contributed by atoms with Crippen molar-refractivity contribution in [3.63, 3.8) is 0 Å². The van der Waals surface area contributed by atoms with Gasteiger partial charge in [-0.15, -0.1) is 0 Å². The van der Waals surface area contributed by atoms with E-state index in [4.69, 9.17) is 0 Å². The average molecular weight is 334 g/mol. The zero-order valence-corrected chi connectivity index (χ0v) is 15.7. The van der Waals surface area contributed by atoms with E-state index in [1.54, 1.807) is 11.8 Å². The van der Waals surface area contributed by atoms with Gasteiger partial charge in [0, 0.05) is 24.1 Å². The molecule has 0 saturated heterocycles. The van der Waals surface area contributed by atoms with Gasteiger partial charge in [0.2, 0.25) is 0 Å². The van der Waals surface area contributed by atoms with Crippen LogP contribution in [-0.4, -0.2) is 41.5 Å². The minimum absolute atomic E-state index is 0.470. The van der Waals surface area contributed by atoms with Gasteiger partial charge in [0.05, 0.1) is 0 Å². The molecule has 1 aromatic rings. The van der Waals surface area contributed by atoms with Gasteiger partial charge in [0.25, 0.3) is 5.78 Å². The van der Waals surface area contributed by atoms with Crippen LogP contribution >= 0.6 is 11.8 Å². The molecule has 1 rings (SSSR count). The maximum atomic E-state index is 12.7. The standard InChI is InChI=1S/C18H26N2O2S/c1-7-14-9-12(3)10-15(8-2)16(14)17(21)18(22)20(5)19-13(4)11-23-6/h9-10H,7-8,11H2,1-6H3/b19-13+. The molecule has 0 radical (unpaired) electrons. The Morgan fingerprint density at radius 2 is 1.70 bits per heavy atom. The Labute approximate surface area is 143 Å². The highest BCUT2D eigenvalue weighted by atomic mass is 32.2. The Morgan fingerprint density at radius 3 is 2.13 bits per heavy atom. The highest BCUT2D eigenvalue weighted by molar-refractivity contribution is 7.99. The number of carbonyl (C=O) groups excluding carboxylic acids is 2. The number of rotatable bonds is 7. The van der Waals surface area contributed by atoms with E-state index in [1.807, 2.05) is 46.1 Å². The number of carbonyl (C=O) groups is 2. The van der Waals surface area contributed by atoms with Gasteiger partial charge in [-0.05, 0) is 44.1 Å². The topological polar surface area (TPSA) is 49.7 Å². The van der Waals surface area contributed by atoms with E-state index in [-0.39, 0.29) is 0 Å². The monoisotopic (exact) mass is 334 g/mol. The molecule has 0 unspecified atom stereocenters. The number of hydrogen-bond acceptors (Lipinski definition) is 4. The smallest absolute Gasteiger partial charge is 0.283 e. The van der Waals surface area contributed by atoms with Crippen LogP contribution in [0.5, 0.6) is 0 Å². The molecule has 23 heavy (non-hydrogen) atoms. The second-order valence-electron chi connectivity index (χ2n) is 5.59. The predicted octanol–water partition coefficient (Wildman–Crippen LogP) is 3.50. The Morgan fingerprint density at radius 1 is 1.17 bits per heavy atom. The van der Waals surface area contributed by atoms with Crippen LogP contribution in [0.15, 0.2) is 17.2 Å². The Kier molecular flexibility index (Phi) is 7.49. The lowest BCUT2D eigenvalue weighted by atomic mass is 9.92. The number of aryl methyl sites for hydroxylation is 3. The molecule has 0 aliphatic carbocycles. The van der Waals surface area contributed by atoms with E-state index in [1.165, 1.54) is 7.05 Å². The van der Waals surface area contributed by atoms with Crippen LogP contribution in [0.2, 0.25) is 0 Å². The summed E-state index contributed by atoms with van der Waals surface area (Å²) in [6, 6.07) is 3.98. The summed E-state index contributed by atoms with van der Waals surface area (Å²) in [4.78, 5) is 25.2. The number of Topliss-reactive ketones (excluding diaryl/α,β-unsaturated/α-hetero) is 1. The summed E-state index contributed by atoms with van der Waals surface area (Å²) >= 11 is 1.63. The summed E-state index contributed by atoms with van der Waals surface area (Å²) in [5.41, 5.74) is 4.34. The first-order chi connectivity index (χ1) is 10.8. The van der Waals surface area contributed by atoms with Crippen molar-refractivity contribution >= 4 is 29.2 Å². The van der Waals surface area contributed by atoms with E-state index >= 15 is 0 Å². The number of nitrogens with zero attached hydrogens (tertiary/aromatic N) is 2. The summed E-state index contributed by atoms with van der Waals surface area (Å²) in [5.74, 6) is -0.322. The molecule has 0 aromatic heterocycles. The maximum absolute atomic E-state index is 12.7. The summed E-state index contributed by atoms with van der Waals surface area (Å²) in [6.45, 7) is 7.86. The predicted molar refractivity (Wildman–Crippen MR) is 98.5 cm³/mol. The van der Waals surface area contributed by atoms with Crippen LogP contribution in [-0.2, 0) is 17.6 Å². The normalized spacial score (nSPS) is 11.5. The quantitative estimate of drug-likeness (QED) is 0.332. The fraction of sp³-hybridized carbons (Fsp3) is 0.500. The van der Waals surface area contributed by atoms with Crippen LogP contribution in [0.4, 0.5) is 0 Å². The second-order valence-corrected chi connectivity index (χ2v) is 6.46. The fourth-order valence-corrected chi connectivity index (χ4v) is 3.06. The Balaban J connectivity index is 3.19. The second kappa shape index (κ2) is 8.87. The molecule has 0 N–H and O–H groups in total. The zero-order chi connectivity index (χ0) is 17.6. The number of hydrazone groups is 1. The molecule has 1 aromatic carbocycles. The van der Waals surface area contributed by atoms with Crippen molar-refractivity contribution in [1.82, 2.24) is 5.01 Å². The minimum Gasteiger partial charge on any atom is -0.283 e. The van der Waals surface area contributed by atoms with Crippen LogP contribution in [0, 0.1) is 6.92 Å². The van der Waals surface area contributed by atoms with Crippen molar-refractivity contribution < 1.29 is 9.59 Å². The molecule has 0 aliphatic rings. The molecule has 4 nitrogen and oxygen atoms in total. The third-order valence-electron chi connectivity index (χ3n) is 3.60. The van der Waals surface area contributed by atoms with Gasteiger partial charge in [-0.25, -0.2) is 5.01 Å². The molecule has 0 heterocycles. The zero-order valence-electron chi connectivity index (χ0n) is 14.9. The highest BCUT2D eigenvalue weighted by Gasteiger charge is 2.25. The Hall–Kier alpha value is -1.62. The molecular weight excluding hydrogens is 308 g/mol. The molecule has 0 fully saturated rings. The van der Waals surface area contributed by atoms with E-state index in [9.17, 15) is 9.59 Å². The lowest BCUT2D eigenvalue weighted by Crippen LogP contribution is -2.31. The van der Waals surface area contributed by atoms with E-state index in [0.29, 0.717) is 5.56 Å². The van der Waals surface area contributed by atoms with E-state index in [2.05, 4.69) is 5.10 Å². The number of amides is 1. The third kappa shape index (κ3) is 4.93. The number of ketones is 1. The first kappa shape index (κ1) is 19.4. The number of hydrogen-bond donors (Lipinski definition) is 0. The van der Waals surface area contributed by atoms with Crippen LogP contribution in [0.25, 0.3) is 0 Å². The molecule has 1 amide bonds. The molecule has 0 atom stereocenters. The van der Waals surface area contributed by atoms with Gasteiger partial charge >= 0.3 is 5.91 Å². The largest absolute Gasteiger partial charge is 0.314 e. The average Bonchev–Trinajstić information content (AvgIpc) is 2.52. The summed E-state index contributed by atoms with van der Waals surface area (Å²) in [7, 11) is 1.54. The SMILES string of the molecule is CCc1cc(C)cc(CC)c1C(=O)C(=O)N(C)/N=C(\C)CSC. The number of thioether (sulfide) groups is 1. The molecular formula is C18H26N2O2S. The lowest BCUT2D eigenvalue weighted by Gasteiger charge is -2.16. The van der Waals surface area contributed by atoms with Crippen molar-refractivity contribution in [1.29, 1.82) is 0 Å². The van der Waals surface area contributed by atoms with E-state index in [0.717, 1.165) is 46.0 Å². The molecule has 0 spiro atoms. The van der Waals surface area contributed by atoms with Gasteiger partial charge in [-0.2, -0.15) is 16.9 Å². The van der Waals surface area contributed by atoms with Gasteiger partial charge in [-0.3, -0.25) is 9.59 Å². The van der Waals surface area contributed by atoms with Crippen LogP contribution in [0.1, 0.15) is 47.8 Å². The van der Waals surface area contributed by atoms with Crippen molar-refractivity contribution in [2.45, 2.75) is 40.5 Å². The molecule has 0 saturated carbocycles. The molecule has 0 bridgehead atoms. The summed E-state index contributed by atoms with van der Waals surface area (Å²) in [6.07, 6.45) is 3.42. The van der Waals surface area contributed by atoms with Gasteiger partial charge in [0.15, 0.2) is 0 Å². The lowest BCUT2D eigenvalue weighted by molar-refractivity contribution is -0.125. The van der Waals surface area contributed by atoms with Crippen molar-refractivity contribution in [2.75, 3.05) is 19.1 Å². The third-order valence-corrected chi connectivity index (χ3v) is 4.30. The molecule has 126 valence electrons. The minimum atomic E-state index is -0.585. The van der Waals surface area contributed by atoms with Crippen molar-refractivity contribution in [3.8, 4) is 0 Å². The van der Waals surface area contributed by atoms with Crippen molar-refractivity contribution in [2.24, 2.45) is 5.10 Å². The molecule has 0 aliphatic heterocycles. The number of likely N-dealkylation sites (N-methyl/N-ethyl adjacent to an activating group) is 1. The van der Waals surface area contributed by atoms with Crippen molar-refractivity contribution in [3.05, 3.63) is 34.4 Å². The Bertz CT molecular complexity index is 598. The molecule has 5 heteroatoms. The van der Waals surface area contributed by atoms with Crippen LogP contribution < -0.4 is 0 Å². The maximum Gasteiger partial charge on any atom is 0.314 e. The van der Waals surface area contributed by atoms with E-state index < -0.39 is 11.7 Å². The van der Waals surface area contributed by atoms with Crippen LogP contribution in [0.3, 0.4) is 0 Å². The highest BCUT2D eigenvalue weighted by Crippen LogP contribution is 2.20. The number of benzene rings is 1.